The van der Waals surface area contributed by atoms with Gasteiger partial charge in [-0.25, -0.2) is 9.59 Å². The molecule has 19 nitrogen and oxygen atoms in total. The van der Waals surface area contributed by atoms with Crippen LogP contribution in [0.5, 0.6) is 28.7 Å². The Hall–Kier alpha value is -12.8. The molecule has 0 spiro atoms. The Bertz CT molecular complexity index is 6000. The number of ketones is 1. The molecule has 0 aliphatic carbocycles. The minimum atomic E-state index is -1.05. The lowest BCUT2D eigenvalue weighted by Gasteiger charge is -2.21. The van der Waals surface area contributed by atoms with E-state index in [-0.39, 0.29) is 53.2 Å². The zero-order chi connectivity index (χ0) is 88.4. The highest BCUT2D eigenvalue weighted by atomic mass is 79.9. The number of fused-ring (bicyclic) bond motifs is 5. The predicted molar refractivity (Wildman–Crippen MR) is 503 cm³/mol. The van der Waals surface area contributed by atoms with Gasteiger partial charge in [0.1, 0.15) is 40.2 Å². The summed E-state index contributed by atoms with van der Waals surface area (Å²) in [6.07, 6.45) is -1.48. The second kappa shape index (κ2) is 45.9. The van der Waals surface area contributed by atoms with Gasteiger partial charge in [0.15, 0.2) is 12.2 Å². The molecule has 0 saturated carbocycles. The fourth-order valence-electron chi connectivity index (χ4n) is 14.4. The number of aromatic nitrogens is 5. The smallest absolute Gasteiger partial charge is 0.347 e. The number of aromatic hydroxyl groups is 2. The lowest BCUT2D eigenvalue weighted by atomic mass is 10.0. The number of ether oxygens (including phenoxy) is 6. The van der Waals surface area contributed by atoms with E-state index in [1.165, 1.54) is 38.9 Å². The Labute approximate surface area is 741 Å². The fraction of sp³-hybridized carbons (Fsp3) is 0.272. The number of carbonyl (C=O) groups is 5. The van der Waals surface area contributed by atoms with E-state index >= 15 is 0 Å². The van der Waals surface area contributed by atoms with Crippen LogP contribution < -0.4 is 19.9 Å². The highest BCUT2D eigenvalue weighted by molar-refractivity contribution is 9.10. The Balaban J connectivity index is 0.000000175. The van der Waals surface area contributed by atoms with Crippen LogP contribution in [0.15, 0.2) is 267 Å². The first-order chi connectivity index (χ1) is 59.2. The van der Waals surface area contributed by atoms with Crippen LogP contribution in [-0.2, 0) is 66.2 Å². The number of hydrogen-bond acceptors (Lipinski definition) is 13. The van der Waals surface area contributed by atoms with Gasteiger partial charge in [0.2, 0.25) is 0 Å². The fourth-order valence-corrected chi connectivity index (χ4v) is 14.6. The van der Waals surface area contributed by atoms with Crippen LogP contribution in [0.2, 0.25) is 0 Å². The summed E-state index contributed by atoms with van der Waals surface area (Å²) in [7, 11) is 0. The maximum atomic E-state index is 12.8. The molecule has 0 aliphatic rings. The summed E-state index contributed by atoms with van der Waals surface area (Å²) < 4.78 is 42.3. The maximum Gasteiger partial charge on any atom is 0.347 e. The quantitative estimate of drug-likeness (QED) is 0.0130. The lowest BCUT2D eigenvalue weighted by molar-refractivity contribution is -0.154. The third kappa shape index (κ3) is 24.8. The third-order valence-electron chi connectivity index (χ3n) is 20.7. The molecule has 0 radical (unpaired) electrons. The standard InChI is InChI=1S/C25H28N2O5.C23H27NO3.C23H21NO.C16H15NO.C9H9NO.C7H13BrO2.ClH/c1-5-31-25(30)23(15(2)3)32-19-13-9-12-18-21(19)20(22(28)24(26)29)16(4)27(18)14-17-10-7-6-8-11-17;1-5-26-23(25)22(16(2)3)27-21-13-9-12-20-19(21)14-17(4)24(20)15-18-10-7-6-8-11-18;1-18-15-21-22(24(18)16-19-9-4-2-5-10-19)13-8-14-23(21)25-17-20-11-6-3-7-12-20;1-12-10-14-15(8-5-9-16(14)18)17(12)11-13-6-3-2-4-7-13;1-6-5-7-8(10-6)3-2-4-9(7)11;1-4-10-7(9)6(8)5(2)3;/h6-13,15,23H,5,14H2,1-4H3,(H2,26,29);6-14,16,22H,5,15H2,1-4H3;2-15H,16-17H2,1H3;2-10,18H,11H2,1H3;2-5,10-11H,1H3;5-6H,4H2,1-3H3;1H. The number of aromatic amines is 1. The summed E-state index contributed by atoms with van der Waals surface area (Å²) in [5, 5.41) is 23.7. The van der Waals surface area contributed by atoms with Crippen LogP contribution >= 0.6 is 28.3 Å². The third-order valence-corrected chi connectivity index (χ3v) is 22.2. The van der Waals surface area contributed by atoms with Gasteiger partial charge in [-0.3, -0.25) is 14.4 Å². The second-order valence-electron chi connectivity index (χ2n) is 31.0. The minimum absolute atomic E-state index is 0. The molecule has 648 valence electrons. The molecule has 15 rings (SSSR count). The van der Waals surface area contributed by atoms with Crippen molar-refractivity contribution in [1.82, 2.24) is 23.3 Å². The van der Waals surface area contributed by atoms with Crippen LogP contribution in [0.3, 0.4) is 0 Å². The summed E-state index contributed by atoms with van der Waals surface area (Å²) in [6, 6.07) is 88.4. The average Bonchev–Trinajstić information content (AvgIpc) is 1.59. The van der Waals surface area contributed by atoms with Gasteiger partial charge in [-0.2, -0.15) is 0 Å². The van der Waals surface area contributed by atoms with Crippen molar-refractivity contribution in [3.63, 3.8) is 0 Å². The Morgan fingerprint density at radius 1 is 0.395 bits per heavy atom. The molecule has 10 aromatic carbocycles. The van der Waals surface area contributed by atoms with Crippen molar-refractivity contribution < 1.29 is 62.6 Å². The van der Waals surface area contributed by atoms with Crippen molar-refractivity contribution >= 4 is 112 Å². The van der Waals surface area contributed by atoms with Crippen molar-refractivity contribution in [3.05, 3.63) is 329 Å². The molecule has 0 bridgehead atoms. The molecular formula is C103H114BrClN6O13. The number of Topliss-reactive ketones (excluding diaryl/α,β-unsaturated/α-hetero) is 1. The van der Waals surface area contributed by atoms with Gasteiger partial charge in [-0.1, -0.05) is 239 Å². The van der Waals surface area contributed by atoms with Gasteiger partial charge in [-0.05, 0) is 174 Å². The molecule has 0 aliphatic heterocycles. The van der Waals surface area contributed by atoms with Crippen molar-refractivity contribution in [2.75, 3.05) is 19.8 Å². The molecule has 5 aromatic heterocycles. The van der Waals surface area contributed by atoms with Crippen molar-refractivity contribution in [2.24, 2.45) is 23.5 Å². The van der Waals surface area contributed by atoms with E-state index in [0.29, 0.717) is 71.9 Å². The van der Waals surface area contributed by atoms with Gasteiger partial charge in [0, 0.05) is 93.5 Å². The summed E-state index contributed by atoms with van der Waals surface area (Å²) in [4.78, 5) is 63.3. The first-order valence-electron chi connectivity index (χ1n) is 41.7. The maximum absolute atomic E-state index is 12.8. The first-order valence-corrected chi connectivity index (χ1v) is 42.6. The van der Waals surface area contributed by atoms with Gasteiger partial charge in [0.25, 0.3) is 11.7 Å². The largest absolute Gasteiger partial charge is 0.507 e. The molecule has 1 amide bonds. The first kappa shape index (κ1) is 95.1. The number of primary amides is 1. The molecule has 5 heterocycles. The zero-order valence-electron chi connectivity index (χ0n) is 73.1. The number of phenols is 2. The number of H-pyrrole nitrogens is 1. The number of benzene rings is 10. The van der Waals surface area contributed by atoms with Crippen LogP contribution in [0.25, 0.3) is 54.5 Å². The Morgan fingerprint density at radius 3 is 1.17 bits per heavy atom. The number of hydrogen-bond donors (Lipinski definition) is 4. The number of aryl methyl sites for hydroxylation is 4. The molecule has 21 heteroatoms. The number of amides is 1. The van der Waals surface area contributed by atoms with Gasteiger partial charge >= 0.3 is 17.9 Å². The Kier molecular flexibility index (Phi) is 35.2. The van der Waals surface area contributed by atoms with Crippen LogP contribution in [0.1, 0.15) is 129 Å². The summed E-state index contributed by atoms with van der Waals surface area (Å²) >= 11 is 3.23. The SMILES string of the molecule is CCOC(=O)C(Br)C(C)C.CCOC(=O)C(Oc1cccc2c1c(C(=O)C(N)=O)c(C)n2Cc1ccccc1)C(C)C.CCOC(=O)C(Oc1cccc2c1cc(C)n2Cc1ccccc1)C(C)C.Cc1cc2c(O)cccc2[nH]1.Cc1cc2c(O)cccc2n1Cc1ccccc1.Cc1cc2c(OCc3ccccc3)cccc2n1Cc1ccccc1.Cl. The van der Waals surface area contributed by atoms with Gasteiger partial charge in [0.05, 0.1) is 52.8 Å². The van der Waals surface area contributed by atoms with Crippen molar-refractivity contribution in [3.8, 4) is 28.7 Å². The molecule has 3 unspecified atom stereocenters. The van der Waals surface area contributed by atoms with E-state index in [1.807, 2.05) is 187 Å². The topological polar surface area (TPSA) is 243 Å². The molecule has 5 N–H and O–H groups in total. The molecular weight excluding hydrogens is 1640 g/mol. The van der Waals surface area contributed by atoms with E-state index in [2.05, 4.69) is 171 Å². The summed E-state index contributed by atoms with van der Waals surface area (Å²) in [5.74, 6) is -0.00311. The Morgan fingerprint density at radius 2 is 0.750 bits per heavy atom. The van der Waals surface area contributed by atoms with Crippen molar-refractivity contribution in [1.29, 1.82) is 0 Å². The predicted octanol–water partition coefficient (Wildman–Crippen LogP) is 22.5. The monoisotopic (exact) mass is 1760 g/mol. The molecule has 3 atom stereocenters. The summed E-state index contributed by atoms with van der Waals surface area (Å²) in [6.45, 7) is 31.6. The van der Waals surface area contributed by atoms with Crippen molar-refractivity contribution in [2.45, 2.75) is 147 Å². The number of halogens is 2. The van der Waals surface area contributed by atoms with Crippen LogP contribution in [0.4, 0.5) is 0 Å². The molecule has 15 aromatic rings. The van der Waals surface area contributed by atoms with Gasteiger partial charge in [-0.15, -0.1) is 12.4 Å². The van der Waals surface area contributed by atoms with Crippen LogP contribution in [-0.4, -0.2) is 99.9 Å². The minimum Gasteiger partial charge on any atom is -0.507 e. The molecule has 0 saturated heterocycles. The average molecular weight is 1760 g/mol. The van der Waals surface area contributed by atoms with E-state index < -0.39 is 29.9 Å². The zero-order valence-corrected chi connectivity index (χ0v) is 75.5. The number of alkyl halides is 1. The van der Waals surface area contributed by atoms with Gasteiger partial charge < -0.3 is 67.6 Å². The highest BCUT2D eigenvalue weighted by Crippen LogP contribution is 2.38. The molecule has 0 fully saturated rings. The number of rotatable bonds is 26. The van der Waals surface area contributed by atoms with E-state index in [1.54, 1.807) is 45.0 Å². The second-order valence-corrected chi connectivity index (χ2v) is 32.0. The molecule has 124 heavy (non-hydrogen) atoms. The number of carbonyl (C=O) groups excluding carboxylic acids is 5. The normalized spacial score (nSPS) is 11.6. The lowest BCUT2D eigenvalue weighted by Crippen LogP contribution is -2.34. The van der Waals surface area contributed by atoms with E-state index in [0.717, 1.165) is 80.7 Å². The number of esters is 3. The number of nitrogens with two attached hydrogens (primary N) is 1. The summed E-state index contributed by atoms with van der Waals surface area (Å²) in [5.41, 5.74) is 21.9. The highest BCUT2D eigenvalue weighted by Gasteiger charge is 2.32. The van der Waals surface area contributed by atoms with E-state index in [4.69, 9.17) is 34.2 Å². The van der Waals surface area contributed by atoms with Crippen LogP contribution in [0, 0.1) is 52.4 Å². The number of nitrogens with zero attached hydrogens (tertiary/aromatic N) is 4. The van der Waals surface area contributed by atoms with E-state index in [9.17, 15) is 34.2 Å². The number of phenolic OH excluding ortho intramolecular Hbond substituents is 2. The number of nitrogens with one attached hydrogen (secondary N) is 1.